The van der Waals surface area contributed by atoms with Crippen LogP contribution < -0.4 is 5.73 Å². The van der Waals surface area contributed by atoms with Crippen LogP contribution in [0.4, 0.5) is 13.2 Å². The van der Waals surface area contributed by atoms with Crippen molar-refractivity contribution < 1.29 is 13.2 Å². The molecule has 0 saturated carbocycles. The molecule has 88 valence electrons. The van der Waals surface area contributed by atoms with Crippen LogP contribution in [0.5, 0.6) is 0 Å². The number of alkyl halides is 3. The first-order valence-corrected chi connectivity index (χ1v) is 5.35. The van der Waals surface area contributed by atoms with Gasteiger partial charge in [-0.2, -0.15) is 13.2 Å². The molecule has 0 atom stereocenters. The Morgan fingerprint density at radius 2 is 2.19 bits per heavy atom. The Balaban J connectivity index is 2.88. The minimum Gasteiger partial charge on any atom is -0.387 e. The maximum Gasteiger partial charge on any atom is 0.417 e. The highest BCUT2D eigenvalue weighted by molar-refractivity contribution is 8.00. The molecule has 0 aliphatic rings. The van der Waals surface area contributed by atoms with Gasteiger partial charge in [0.05, 0.1) is 16.3 Å². The minimum atomic E-state index is -4.46. The second-order valence-electron chi connectivity index (χ2n) is 2.82. The normalized spacial score (nSPS) is 11.5. The van der Waals surface area contributed by atoms with Crippen molar-refractivity contribution in [1.29, 1.82) is 5.41 Å². The van der Waals surface area contributed by atoms with Crippen molar-refractivity contribution >= 4 is 29.2 Å². The average Bonchev–Trinajstić information content (AvgIpc) is 2.14. The van der Waals surface area contributed by atoms with E-state index in [1.54, 1.807) is 0 Å². The zero-order valence-electron chi connectivity index (χ0n) is 7.81. The molecule has 3 nitrogen and oxygen atoms in total. The lowest BCUT2D eigenvalue weighted by Crippen LogP contribution is -2.12. The zero-order chi connectivity index (χ0) is 12.3. The molecule has 0 aliphatic carbocycles. The summed E-state index contributed by atoms with van der Waals surface area (Å²) in [4.78, 5) is 3.58. The first kappa shape index (κ1) is 13.1. The Morgan fingerprint density at radius 3 is 2.62 bits per heavy atom. The molecule has 8 heteroatoms. The summed E-state index contributed by atoms with van der Waals surface area (Å²) in [5, 5.41) is 7.09. The van der Waals surface area contributed by atoms with Gasteiger partial charge in [-0.15, -0.1) is 0 Å². The lowest BCUT2D eigenvalue weighted by molar-refractivity contribution is -0.137. The first-order chi connectivity index (χ1) is 7.30. The number of aromatic nitrogens is 1. The van der Waals surface area contributed by atoms with E-state index in [9.17, 15) is 13.2 Å². The molecule has 0 spiro atoms. The van der Waals surface area contributed by atoms with E-state index in [0.717, 1.165) is 17.8 Å². The minimum absolute atomic E-state index is 0.0947. The van der Waals surface area contributed by atoms with Gasteiger partial charge in [0, 0.05) is 6.20 Å². The van der Waals surface area contributed by atoms with E-state index in [-0.39, 0.29) is 21.6 Å². The topological polar surface area (TPSA) is 62.8 Å². The van der Waals surface area contributed by atoms with Crippen molar-refractivity contribution in [2.45, 2.75) is 11.2 Å². The van der Waals surface area contributed by atoms with Crippen molar-refractivity contribution in [3.63, 3.8) is 0 Å². The van der Waals surface area contributed by atoms with Gasteiger partial charge in [0.25, 0.3) is 0 Å². The lowest BCUT2D eigenvalue weighted by atomic mass is 10.3. The van der Waals surface area contributed by atoms with Gasteiger partial charge in [0.2, 0.25) is 0 Å². The third-order valence-electron chi connectivity index (χ3n) is 1.50. The number of nitrogens with one attached hydrogen (secondary N) is 1. The van der Waals surface area contributed by atoms with Crippen LogP contribution in [0.25, 0.3) is 0 Å². The van der Waals surface area contributed by atoms with Gasteiger partial charge in [-0.1, -0.05) is 23.4 Å². The smallest absolute Gasteiger partial charge is 0.387 e. The lowest BCUT2D eigenvalue weighted by Gasteiger charge is -2.08. The highest BCUT2D eigenvalue weighted by atomic mass is 35.5. The molecular formula is C8H7ClF3N3S. The number of amidine groups is 1. The molecule has 1 aromatic rings. The monoisotopic (exact) mass is 269 g/mol. The number of hydrogen-bond acceptors (Lipinski definition) is 3. The van der Waals surface area contributed by atoms with Crippen molar-refractivity contribution in [3.05, 3.63) is 22.8 Å². The molecule has 0 amide bonds. The molecule has 1 heterocycles. The molecule has 0 aliphatic heterocycles. The Morgan fingerprint density at radius 1 is 1.56 bits per heavy atom. The number of halogens is 4. The van der Waals surface area contributed by atoms with Crippen LogP contribution in [0.3, 0.4) is 0 Å². The van der Waals surface area contributed by atoms with Gasteiger partial charge >= 0.3 is 6.18 Å². The molecule has 0 fully saturated rings. The number of hydrogen-bond donors (Lipinski definition) is 2. The zero-order valence-corrected chi connectivity index (χ0v) is 9.38. The largest absolute Gasteiger partial charge is 0.417 e. The summed E-state index contributed by atoms with van der Waals surface area (Å²) in [7, 11) is 0. The van der Waals surface area contributed by atoms with Crippen molar-refractivity contribution in [1.82, 2.24) is 4.98 Å². The highest BCUT2D eigenvalue weighted by Crippen LogP contribution is 2.33. The van der Waals surface area contributed by atoms with Gasteiger partial charge in [-0.05, 0) is 6.07 Å². The fourth-order valence-electron chi connectivity index (χ4n) is 0.833. The van der Waals surface area contributed by atoms with Gasteiger partial charge in [0.1, 0.15) is 10.9 Å². The Bertz CT molecular complexity index is 408. The molecule has 3 N–H and O–H groups in total. The van der Waals surface area contributed by atoms with Gasteiger partial charge in [0.15, 0.2) is 0 Å². The van der Waals surface area contributed by atoms with Gasteiger partial charge < -0.3 is 5.73 Å². The summed E-state index contributed by atoms with van der Waals surface area (Å²) >= 11 is 6.64. The van der Waals surface area contributed by atoms with Gasteiger partial charge in [-0.3, -0.25) is 5.41 Å². The van der Waals surface area contributed by atoms with E-state index in [4.69, 9.17) is 22.7 Å². The van der Waals surface area contributed by atoms with Crippen molar-refractivity contribution in [2.24, 2.45) is 5.73 Å². The summed E-state index contributed by atoms with van der Waals surface area (Å²) in [5.41, 5.74) is 4.20. The summed E-state index contributed by atoms with van der Waals surface area (Å²) in [5.74, 6) is 0.0423. The van der Waals surface area contributed by atoms with Crippen LogP contribution in [0.1, 0.15) is 5.56 Å². The Hall–Kier alpha value is -0.950. The van der Waals surface area contributed by atoms with Crippen molar-refractivity contribution in [3.8, 4) is 0 Å². The summed E-state index contributed by atoms with van der Waals surface area (Å²) < 4.78 is 36.8. The first-order valence-electron chi connectivity index (χ1n) is 3.99. The van der Waals surface area contributed by atoms with Crippen LogP contribution in [0, 0.1) is 5.41 Å². The van der Waals surface area contributed by atoms with Crippen LogP contribution in [0.15, 0.2) is 17.3 Å². The molecule has 16 heavy (non-hydrogen) atoms. The van der Waals surface area contributed by atoms with Crippen LogP contribution in [0.2, 0.25) is 5.02 Å². The predicted molar refractivity (Wildman–Crippen MR) is 56.9 cm³/mol. The number of rotatable bonds is 3. The molecule has 0 saturated heterocycles. The van der Waals surface area contributed by atoms with E-state index in [2.05, 4.69) is 4.98 Å². The molecule has 0 aromatic carbocycles. The number of thioether (sulfide) groups is 1. The fraction of sp³-hybridized carbons (Fsp3) is 0.250. The van der Waals surface area contributed by atoms with Crippen molar-refractivity contribution in [2.75, 3.05) is 5.75 Å². The number of nitrogens with zero attached hydrogens (tertiary/aromatic N) is 1. The van der Waals surface area contributed by atoms with Crippen LogP contribution in [-0.4, -0.2) is 16.6 Å². The van der Waals surface area contributed by atoms with E-state index in [1.807, 2.05) is 0 Å². The number of pyridine rings is 1. The van der Waals surface area contributed by atoms with Crippen LogP contribution >= 0.6 is 23.4 Å². The molecule has 0 unspecified atom stereocenters. The molecule has 1 aromatic heterocycles. The Kier molecular flexibility index (Phi) is 4.03. The second kappa shape index (κ2) is 4.92. The maximum atomic E-state index is 12.3. The maximum absolute atomic E-state index is 12.3. The standard InChI is InChI=1S/C8H7ClF3N3S/c9-5-1-4(8(10,11)12)2-15-7(5)16-3-6(13)14/h1-2H,3H2,(H3,13,14). The van der Waals surface area contributed by atoms with E-state index < -0.39 is 11.7 Å². The third-order valence-corrected chi connectivity index (χ3v) is 2.95. The SMILES string of the molecule is N=C(N)CSc1ncc(C(F)(F)F)cc1Cl. The second-order valence-corrected chi connectivity index (χ2v) is 4.19. The number of nitrogens with two attached hydrogens (primary N) is 1. The predicted octanol–water partition coefficient (Wildman–Crippen LogP) is 2.78. The summed E-state index contributed by atoms with van der Waals surface area (Å²) in [6.45, 7) is 0. The third kappa shape index (κ3) is 3.57. The van der Waals surface area contributed by atoms with E-state index in [0.29, 0.717) is 6.20 Å². The summed E-state index contributed by atoms with van der Waals surface area (Å²) in [6.07, 6.45) is -3.76. The van der Waals surface area contributed by atoms with E-state index in [1.165, 1.54) is 0 Å². The van der Waals surface area contributed by atoms with E-state index >= 15 is 0 Å². The molecule has 0 bridgehead atoms. The molecule has 1 rings (SSSR count). The quantitative estimate of drug-likeness (QED) is 0.504. The fourth-order valence-corrected chi connectivity index (χ4v) is 1.78. The van der Waals surface area contributed by atoms with Crippen LogP contribution in [-0.2, 0) is 6.18 Å². The molecular weight excluding hydrogens is 263 g/mol. The molecule has 0 radical (unpaired) electrons. The average molecular weight is 270 g/mol. The summed E-state index contributed by atoms with van der Waals surface area (Å²) in [6, 6.07) is 0.803. The van der Waals surface area contributed by atoms with Gasteiger partial charge in [-0.25, -0.2) is 4.98 Å². The highest BCUT2D eigenvalue weighted by Gasteiger charge is 2.31. The Labute approximate surface area is 98.7 Å².